The van der Waals surface area contributed by atoms with Gasteiger partial charge in [-0.2, -0.15) is 13.2 Å². The number of phenols is 1. The van der Waals surface area contributed by atoms with Gasteiger partial charge in [-0.25, -0.2) is 0 Å². The number of phenolic OH excluding ortho intramolecular Hbond substituents is 1. The van der Waals surface area contributed by atoms with Crippen molar-refractivity contribution in [1.82, 2.24) is 0 Å². The van der Waals surface area contributed by atoms with Crippen LogP contribution in [0.1, 0.15) is 31.0 Å². The van der Waals surface area contributed by atoms with Crippen LogP contribution in [-0.4, -0.2) is 21.9 Å². The third kappa shape index (κ3) is 3.70. The fourth-order valence-electron chi connectivity index (χ4n) is 3.24. The summed E-state index contributed by atoms with van der Waals surface area (Å²) in [5, 5.41) is 20.0. The molecule has 1 atom stereocenters. The van der Waals surface area contributed by atoms with Gasteiger partial charge in [-0.05, 0) is 35.9 Å². The lowest BCUT2D eigenvalue weighted by molar-refractivity contribution is -0.137. The molecule has 3 rings (SSSR count). The number of anilines is 1. The highest BCUT2D eigenvalue weighted by Crippen LogP contribution is 2.43. The third-order valence-electron chi connectivity index (χ3n) is 4.66. The molecule has 1 aliphatic rings. The molecule has 2 aromatic carbocycles. The molecule has 1 unspecified atom stereocenters. The molecule has 0 saturated heterocycles. The molecule has 152 valence electrons. The van der Waals surface area contributed by atoms with E-state index in [1.165, 1.54) is 30.3 Å². The number of hydrogen-bond acceptors (Lipinski definition) is 4. The third-order valence-corrected chi connectivity index (χ3v) is 4.66. The molecule has 0 aromatic heterocycles. The number of ketones is 1. The van der Waals surface area contributed by atoms with E-state index in [1.807, 2.05) is 0 Å². The maximum Gasteiger partial charge on any atom is 0.416 e. The standard InChI is InChI=1S/C21H18F3NO4/c1-11(2)18(27)16-17(12-6-8-15(26)9-7-12)25(20(29)19(16)28)14-5-3-4-13(10-14)21(22,23)24/h3-11,17,26,28H,1-2H3. The predicted molar refractivity (Wildman–Crippen MR) is 99.3 cm³/mol. The van der Waals surface area contributed by atoms with Crippen LogP contribution < -0.4 is 4.90 Å². The van der Waals surface area contributed by atoms with Crippen LogP contribution in [0.4, 0.5) is 18.9 Å². The van der Waals surface area contributed by atoms with E-state index in [9.17, 15) is 33.0 Å². The number of aliphatic hydroxyl groups is 1. The summed E-state index contributed by atoms with van der Waals surface area (Å²) in [7, 11) is 0. The predicted octanol–water partition coefficient (Wildman–Crippen LogP) is 4.54. The average Bonchev–Trinajstić information content (AvgIpc) is 2.92. The van der Waals surface area contributed by atoms with Gasteiger partial charge in [0.25, 0.3) is 5.91 Å². The van der Waals surface area contributed by atoms with E-state index in [0.29, 0.717) is 5.56 Å². The van der Waals surface area contributed by atoms with E-state index in [0.717, 1.165) is 23.1 Å². The summed E-state index contributed by atoms with van der Waals surface area (Å²) in [4.78, 5) is 26.5. The van der Waals surface area contributed by atoms with E-state index in [-0.39, 0.29) is 17.0 Å². The van der Waals surface area contributed by atoms with Crippen LogP contribution in [0.25, 0.3) is 0 Å². The maximum absolute atomic E-state index is 13.2. The highest BCUT2D eigenvalue weighted by molar-refractivity contribution is 6.16. The van der Waals surface area contributed by atoms with Crippen molar-refractivity contribution in [2.75, 3.05) is 4.90 Å². The Morgan fingerprint density at radius 3 is 2.24 bits per heavy atom. The lowest BCUT2D eigenvalue weighted by atomic mass is 9.91. The number of carbonyl (C=O) groups is 2. The van der Waals surface area contributed by atoms with Gasteiger partial charge in [0.05, 0.1) is 17.2 Å². The van der Waals surface area contributed by atoms with Gasteiger partial charge in [0, 0.05) is 11.6 Å². The van der Waals surface area contributed by atoms with Crippen molar-refractivity contribution >= 4 is 17.4 Å². The second kappa shape index (κ2) is 7.27. The molecule has 0 spiro atoms. The van der Waals surface area contributed by atoms with E-state index in [4.69, 9.17) is 0 Å². The van der Waals surface area contributed by atoms with E-state index < -0.39 is 41.1 Å². The zero-order valence-corrected chi connectivity index (χ0v) is 15.6. The topological polar surface area (TPSA) is 77.8 Å². The molecular weight excluding hydrogens is 387 g/mol. The Balaban J connectivity index is 2.19. The zero-order valence-electron chi connectivity index (χ0n) is 15.6. The zero-order chi connectivity index (χ0) is 21.5. The molecule has 0 saturated carbocycles. The van der Waals surface area contributed by atoms with Crippen molar-refractivity contribution < 1.29 is 33.0 Å². The van der Waals surface area contributed by atoms with E-state index in [1.54, 1.807) is 13.8 Å². The molecule has 1 heterocycles. The number of benzene rings is 2. The van der Waals surface area contributed by atoms with Crippen LogP contribution >= 0.6 is 0 Å². The summed E-state index contributed by atoms with van der Waals surface area (Å²) in [6.07, 6.45) is -4.63. The number of halogens is 3. The summed E-state index contributed by atoms with van der Waals surface area (Å²) >= 11 is 0. The molecule has 29 heavy (non-hydrogen) atoms. The molecule has 5 nitrogen and oxygen atoms in total. The van der Waals surface area contributed by atoms with Crippen LogP contribution in [0, 0.1) is 5.92 Å². The Labute approximate surface area is 164 Å². The lowest BCUT2D eigenvalue weighted by Crippen LogP contribution is -2.31. The molecule has 0 fully saturated rings. The molecular formula is C21H18F3NO4. The Hall–Kier alpha value is -3.29. The van der Waals surface area contributed by atoms with Crippen LogP contribution in [0.3, 0.4) is 0 Å². The number of aliphatic hydroxyl groups excluding tert-OH is 1. The number of rotatable bonds is 4. The number of alkyl halides is 3. The Bertz CT molecular complexity index is 994. The van der Waals surface area contributed by atoms with Crippen LogP contribution in [0.2, 0.25) is 0 Å². The van der Waals surface area contributed by atoms with Crippen molar-refractivity contribution in [2.24, 2.45) is 5.92 Å². The SMILES string of the molecule is CC(C)C(=O)C1=C(O)C(=O)N(c2cccc(C(F)(F)F)c2)C1c1ccc(O)cc1. The van der Waals surface area contributed by atoms with Gasteiger partial charge in [-0.15, -0.1) is 0 Å². The molecule has 0 aliphatic carbocycles. The molecule has 2 aromatic rings. The Morgan fingerprint density at radius 1 is 1.07 bits per heavy atom. The van der Waals surface area contributed by atoms with Crippen LogP contribution in [0.5, 0.6) is 5.75 Å². The summed E-state index contributed by atoms with van der Waals surface area (Å²) in [6.45, 7) is 3.18. The molecule has 8 heteroatoms. The summed E-state index contributed by atoms with van der Waals surface area (Å²) in [5.74, 6) is -2.87. The highest BCUT2D eigenvalue weighted by Gasteiger charge is 2.45. The van der Waals surface area contributed by atoms with Crippen molar-refractivity contribution in [3.63, 3.8) is 0 Å². The average molecular weight is 405 g/mol. The molecule has 0 radical (unpaired) electrons. The van der Waals surface area contributed by atoms with Crippen molar-refractivity contribution in [3.8, 4) is 5.75 Å². The Kier molecular flexibility index (Phi) is 5.13. The monoisotopic (exact) mass is 405 g/mol. The lowest BCUT2D eigenvalue weighted by Gasteiger charge is -2.28. The number of Topliss-reactive ketones (excluding diaryl/α,β-unsaturated/α-hetero) is 1. The van der Waals surface area contributed by atoms with Gasteiger partial charge in [0.2, 0.25) is 0 Å². The van der Waals surface area contributed by atoms with Gasteiger partial charge < -0.3 is 10.2 Å². The summed E-state index contributed by atoms with van der Waals surface area (Å²) in [6, 6.07) is 8.54. The first-order valence-corrected chi connectivity index (χ1v) is 8.79. The van der Waals surface area contributed by atoms with E-state index in [2.05, 4.69) is 0 Å². The fraction of sp³-hybridized carbons (Fsp3) is 0.238. The number of amides is 1. The number of hydrogen-bond donors (Lipinski definition) is 2. The first-order chi connectivity index (χ1) is 13.5. The second-order valence-corrected chi connectivity index (χ2v) is 7.00. The highest BCUT2D eigenvalue weighted by atomic mass is 19.4. The smallest absolute Gasteiger partial charge is 0.416 e. The minimum atomic E-state index is -4.63. The number of aromatic hydroxyl groups is 1. The Morgan fingerprint density at radius 2 is 1.69 bits per heavy atom. The summed E-state index contributed by atoms with van der Waals surface area (Å²) in [5.41, 5.74) is -0.897. The van der Waals surface area contributed by atoms with Crippen molar-refractivity contribution in [1.29, 1.82) is 0 Å². The molecule has 0 bridgehead atoms. The van der Waals surface area contributed by atoms with Gasteiger partial charge >= 0.3 is 6.18 Å². The van der Waals surface area contributed by atoms with Crippen LogP contribution in [-0.2, 0) is 15.8 Å². The molecule has 1 aliphatic heterocycles. The van der Waals surface area contributed by atoms with E-state index >= 15 is 0 Å². The second-order valence-electron chi connectivity index (χ2n) is 7.00. The molecule has 2 N–H and O–H groups in total. The first-order valence-electron chi connectivity index (χ1n) is 8.79. The van der Waals surface area contributed by atoms with Gasteiger partial charge in [0.15, 0.2) is 11.5 Å². The minimum Gasteiger partial charge on any atom is -0.508 e. The minimum absolute atomic E-state index is 0.0615. The fourth-order valence-corrected chi connectivity index (χ4v) is 3.24. The van der Waals surface area contributed by atoms with Gasteiger partial charge in [-0.1, -0.05) is 32.0 Å². The van der Waals surface area contributed by atoms with Crippen molar-refractivity contribution in [2.45, 2.75) is 26.1 Å². The van der Waals surface area contributed by atoms with Crippen LogP contribution in [0.15, 0.2) is 59.9 Å². The largest absolute Gasteiger partial charge is 0.508 e. The maximum atomic E-state index is 13.2. The normalized spacial score (nSPS) is 17.4. The van der Waals surface area contributed by atoms with Gasteiger partial charge in [0.1, 0.15) is 5.75 Å². The number of carbonyl (C=O) groups excluding carboxylic acids is 2. The quantitative estimate of drug-likeness (QED) is 0.783. The van der Waals surface area contributed by atoms with Gasteiger partial charge in [-0.3, -0.25) is 14.5 Å². The molecule has 1 amide bonds. The first kappa shape index (κ1) is 20.4. The summed E-state index contributed by atoms with van der Waals surface area (Å²) < 4.78 is 39.5. The number of nitrogens with zero attached hydrogens (tertiary/aromatic N) is 1. The van der Waals surface area contributed by atoms with Crippen molar-refractivity contribution in [3.05, 3.63) is 71.0 Å².